The number of hydrogen-bond donors (Lipinski definition) is 1. The fraction of sp³-hybridized carbons (Fsp3) is 0.333. The molecule has 0 atom stereocenters. The average molecular weight is 217 g/mol. The lowest BCUT2D eigenvalue weighted by Crippen LogP contribution is -1.95. The van der Waals surface area contributed by atoms with Crippen LogP contribution in [-0.4, -0.2) is 22.5 Å². The van der Waals surface area contributed by atoms with Crippen molar-refractivity contribution in [3.63, 3.8) is 0 Å². The minimum Gasteiger partial charge on any atom is -0.497 e. The van der Waals surface area contributed by atoms with Crippen molar-refractivity contribution in [1.82, 2.24) is 15.4 Å². The van der Waals surface area contributed by atoms with E-state index in [4.69, 9.17) is 4.74 Å². The van der Waals surface area contributed by atoms with Gasteiger partial charge in [0.05, 0.1) is 19.0 Å². The molecule has 1 heterocycles. The number of hydrogen-bond acceptors (Lipinski definition) is 3. The van der Waals surface area contributed by atoms with E-state index in [1.54, 1.807) is 13.3 Å². The molecule has 2 aromatic rings. The van der Waals surface area contributed by atoms with E-state index in [0.29, 0.717) is 0 Å². The SMILES string of the molecule is COc1ccc(CCc2cn[nH]n2)c(C)c1. The Labute approximate surface area is 94.6 Å². The van der Waals surface area contributed by atoms with E-state index in [2.05, 4.69) is 34.5 Å². The van der Waals surface area contributed by atoms with Gasteiger partial charge in [0.2, 0.25) is 0 Å². The van der Waals surface area contributed by atoms with Gasteiger partial charge in [0.1, 0.15) is 5.75 Å². The van der Waals surface area contributed by atoms with Gasteiger partial charge in [0.25, 0.3) is 0 Å². The fourth-order valence-electron chi connectivity index (χ4n) is 1.68. The maximum Gasteiger partial charge on any atom is 0.119 e. The van der Waals surface area contributed by atoms with Crippen molar-refractivity contribution in [2.45, 2.75) is 19.8 Å². The highest BCUT2D eigenvalue weighted by atomic mass is 16.5. The van der Waals surface area contributed by atoms with Crippen LogP contribution in [0.2, 0.25) is 0 Å². The summed E-state index contributed by atoms with van der Waals surface area (Å²) < 4.78 is 5.17. The highest BCUT2D eigenvalue weighted by molar-refractivity contribution is 5.35. The summed E-state index contributed by atoms with van der Waals surface area (Å²) >= 11 is 0. The highest BCUT2D eigenvalue weighted by Crippen LogP contribution is 2.18. The molecule has 84 valence electrons. The summed E-state index contributed by atoms with van der Waals surface area (Å²) in [6.45, 7) is 2.10. The van der Waals surface area contributed by atoms with Crippen molar-refractivity contribution >= 4 is 0 Å². The monoisotopic (exact) mass is 217 g/mol. The standard InChI is InChI=1S/C12H15N3O/c1-9-7-12(16-2)6-4-10(9)3-5-11-8-13-15-14-11/h4,6-8H,3,5H2,1-2H3,(H,13,14,15). The van der Waals surface area contributed by atoms with Gasteiger partial charge in [-0.3, -0.25) is 0 Å². The number of aromatic nitrogens is 3. The number of aromatic amines is 1. The van der Waals surface area contributed by atoms with E-state index < -0.39 is 0 Å². The minimum absolute atomic E-state index is 0.905. The van der Waals surface area contributed by atoms with Gasteiger partial charge in [-0.25, -0.2) is 0 Å². The summed E-state index contributed by atoms with van der Waals surface area (Å²) in [6.07, 6.45) is 3.64. The van der Waals surface area contributed by atoms with Crippen molar-refractivity contribution in [1.29, 1.82) is 0 Å². The third kappa shape index (κ3) is 2.39. The van der Waals surface area contributed by atoms with Gasteiger partial charge in [-0.2, -0.15) is 15.4 Å². The second-order valence-electron chi connectivity index (χ2n) is 3.75. The molecule has 0 spiro atoms. The average Bonchev–Trinajstić information content (AvgIpc) is 2.80. The van der Waals surface area contributed by atoms with Crippen molar-refractivity contribution in [2.75, 3.05) is 7.11 Å². The normalized spacial score (nSPS) is 10.4. The van der Waals surface area contributed by atoms with Crippen LogP contribution in [0.4, 0.5) is 0 Å². The predicted molar refractivity (Wildman–Crippen MR) is 61.5 cm³/mol. The first-order valence-corrected chi connectivity index (χ1v) is 5.28. The number of methoxy groups -OCH3 is 1. The van der Waals surface area contributed by atoms with Crippen LogP contribution in [0.3, 0.4) is 0 Å². The van der Waals surface area contributed by atoms with Crippen LogP contribution in [0.1, 0.15) is 16.8 Å². The molecule has 0 saturated carbocycles. The maximum atomic E-state index is 5.17. The van der Waals surface area contributed by atoms with Gasteiger partial charge in [-0.05, 0) is 43.0 Å². The van der Waals surface area contributed by atoms with Crippen LogP contribution in [0.5, 0.6) is 5.75 Å². The molecule has 1 N–H and O–H groups in total. The predicted octanol–water partition coefficient (Wildman–Crippen LogP) is 1.91. The van der Waals surface area contributed by atoms with Crippen molar-refractivity contribution in [3.05, 3.63) is 41.2 Å². The molecule has 0 bridgehead atoms. The van der Waals surface area contributed by atoms with Gasteiger partial charge < -0.3 is 4.74 Å². The first-order chi connectivity index (χ1) is 7.79. The Balaban J connectivity index is 2.04. The molecule has 0 fully saturated rings. The van der Waals surface area contributed by atoms with Gasteiger partial charge >= 0.3 is 0 Å². The van der Waals surface area contributed by atoms with E-state index in [0.717, 1.165) is 24.3 Å². The quantitative estimate of drug-likeness (QED) is 0.851. The van der Waals surface area contributed by atoms with Crippen molar-refractivity contribution in [2.24, 2.45) is 0 Å². The molecule has 1 aromatic carbocycles. The lowest BCUT2D eigenvalue weighted by Gasteiger charge is -2.06. The zero-order valence-corrected chi connectivity index (χ0v) is 9.53. The second kappa shape index (κ2) is 4.79. The first kappa shape index (κ1) is 10.7. The van der Waals surface area contributed by atoms with Crippen LogP contribution in [0, 0.1) is 6.92 Å². The van der Waals surface area contributed by atoms with Crippen LogP contribution in [-0.2, 0) is 12.8 Å². The first-order valence-electron chi connectivity index (χ1n) is 5.28. The summed E-state index contributed by atoms with van der Waals surface area (Å²) in [7, 11) is 1.68. The van der Waals surface area contributed by atoms with Gasteiger partial charge in [-0.15, -0.1) is 0 Å². The number of rotatable bonds is 4. The Morgan fingerprint density at radius 3 is 2.81 bits per heavy atom. The summed E-state index contributed by atoms with van der Waals surface area (Å²) in [5, 5.41) is 10.4. The Morgan fingerprint density at radius 2 is 2.19 bits per heavy atom. The Bertz CT molecular complexity index is 451. The molecule has 2 rings (SSSR count). The number of aryl methyl sites for hydroxylation is 3. The lowest BCUT2D eigenvalue weighted by molar-refractivity contribution is 0.414. The second-order valence-corrected chi connectivity index (χ2v) is 3.75. The van der Waals surface area contributed by atoms with Gasteiger partial charge in [0.15, 0.2) is 0 Å². The molecular weight excluding hydrogens is 202 g/mol. The molecule has 0 aliphatic heterocycles. The number of ether oxygens (including phenoxy) is 1. The smallest absolute Gasteiger partial charge is 0.119 e. The van der Waals surface area contributed by atoms with E-state index in [-0.39, 0.29) is 0 Å². The third-order valence-corrected chi connectivity index (χ3v) is 2.67. The molecule has 4 heteroatoms. The van der Waals surface area contributed by atoms with Gasteiger partial charge in [-0.1, -0.05) is 6.07 Å². The topological polar surface area (TPSA) is 50.8 Å². The lowest BCUT2D eigenvalue weighted by atomic mass is 10.0. The van der Waals surface area contributed by atoms with E-state index in [1.165, 1.54) is 11.1 Å². The zero-order chi connectivity index (χ0) is 11.4. The Kier molecular flexibility index (Phi) is 3.19. The number of nitrogens with zero attached hydrogens (tertiary/aromatic N) is 2. The highest BCUT2D eigenvalue weighted by Gasteiger charge is 2.02. The molecule has 0 aliphatic rings. The minimum atomic E-state index is 0.905. The zero-order valence-electron chi connectivity index (χ0n) is 9.53. The van der Waals surface area contributed by atoms with E-state index in [9.17, 15) is 0 Å². The molecule has 1 aromatic heterocycles. The molecule has 0 saturated heterocycles. The van der Waals surface area contributed by atoms with Crippen molar-refractivity contribution in [3.8, 4) is 5.75 Å². The summed E-state index contributed by atoms with van der Waals surface area (Å²) in [5.74, 6) is 0.905. The molecule has 16 heavy (non-hydrogen) atoms. The maximum absolute atomic E-state index is 5.17. The number of nitrogens with one attached hydrogen (secondary N) is 1. The Hall–Kier alpha value is -1.84. The van der Waals surface area contributed by atoms with Crippen LogP contribution < -0.4 is 4.74 Å². The van der Waals surface area contributed by atoms with Crippen molar-refractivity contribution < 1.29 is 4.74 Å². The molecule has 4 nitrogen and oxygen atoms in total. The fourth-order valence-corrected chi connectivity index (χ4v) is 1.68. The largest absolute Gasteiger partial charge is 0.497 e. The molecular formula is C12H15N3O. The number of H-pyrrole nitrogens is 1. The van der Waals surface area contributed by atoms with Crippen LogP contribution in [0.25, 0.3) is 0 Å². The Morgan fingerprint density at radius 1 is 1.31 bits per heavy atom. The molecule has 0 radical (unpaired) electrons. The van der Waals surface area contributed by atoms with E-state index >= 15 is 0 Å². The summed E-state index contributed by atoms with van der Waals surface area (Å²) in [4.78, 5) is 0. The van der Waals surface area contributed by atoms with E-state index in [1.807, 2.05) is 6.07 Å². The van der Waals surface area contributed by atoms with Crippen LogP contribution in [0.15, 0.2) is 24.4 Å². The summed E-state index contributed by atoms with van der Waals surface area (Å²) in [5.41, 5.74) is 3.57. The number of benzene rings is 1. The van der Waals surface area contributed by atoms with Crippen LogP contribution >= 0.6 is 0 Å². The summed E-state index contributed by atoms with van der Waals surface area (Å²) in [6, 6.07) is 6.15. The molecule has 0 aliphatic carbocycles. The third-order valence-electron chi connectivity index (χ3n) is 2.67. The molecule has 0 amide bonds. The van der Waals surface area contributed by atoms with Gasteiger partial charge in [0, 0.05) is 0 Å². The molecule has 0 unspecified atom stereocenters.